The van der Waals surface area contributed by atoms with Crippen molar-refractivity contribution in [1.82, 2.24) is 5.32 Å². The molecule has 150 valence electrons. The quantitative estimate of drug-likeness (QED) is 0.735. The van der Waals surface area contributed by atoms with Crippen molar-refractivity contribution in [3.63, 3.8) is 0 Å². The van der Waals surface area contributed by atoms with E-state index in [1.807, 2.05) is 37.3 Å². The number of hydrogen-bond donors (Lipinski definition) is 2. The van der Waals surface area contributed by atoms with E-state index in [1.165, 1.54) is 12.0 Å². The maximum Gasteiger partial charge on any atom is 0.336 e. The molecule has 1 heterocycles. The summed E-state index contributed by atoms with van der Waals surface area (Å²) in [5.41, 5.74) is 9.23. The molecule has 0 aromatic heterocycles. The Balaban J connectivity index is 2.30. The van der Waals surface area contributed by atoms with E-state index in [2.05, 4.69) is 5.32 Å². The van der Waals surface area contributed by atoms with Gasteiger partial charge in [0, 0.05) is 16.4 Å². The van der Waals surface area contributed by atoms with Crippen LogP contribution in [0.25, 0.3) is 0 Å². The first-order valence-corrected chi connectivity index (χ1v) is 9.40. The number of nitrogens with one attached hydrogen (secondary N) is 1. The van der Waals surface area contributed by atoms with Gasteiger partial charge in [0.25, 0.3) is 0 Å². The number of carbonyl (C=O) groups excluding carboxylic acids is 2. The molecule has 0 spiro atoms. The van der Waals surface area contributed by atoms with Gasteiger partial charge in [-0.3, -0.25) is 4.90 Å². The van der Waals surface area contributed by atoms with Crippen LogP contribution in [0.5, 0.6) is 0 Å². The number of dihydropyridines is 1. The fourth-order valence-corrected chi connectivity index (χ4v) is 3.88. The minimum atomic E-state index is -0.673. The summed E-state index contributed by atoms with van der Waals surface area (Å²) in [6, 6.07) is 15.5. The van der Waals surface area contributed by atoms with E-state index in [1.54, 1.807) is 31.2 Å². The number of carbonyl (C=O) groups is 2. The predicted octanol–water partition coefficient (Wildman–Crippen LogP) is 4.29. The maximum atomic E-state index is 12.7. The van der Waals surface area contributed by atoms with Crippen LogP contribution in [-0.2, 0) is 9.53 Å². The lowest BCUT2D eigenvalue weighted by molar-refractivity contribution is -0.136. The van der Waals surface area contributed by atoms with E-state index < -0.39 is 17.9 Å². The molecule has 3 N–H and O–H groups in total. The van der Waals surface area contributed by atoms with Gasteiger partial charge in [0.05, 0.1) is 30.0 Å². The first-order chi connectivity index (χ1) is 13.9. The number of benzene rings is 2. The second kappa shape index (κ2) is 8.41. The highest BCUT2D eigenvalue weighted by Crippen LogP contribution is 2.43. The standard InChI is InChI=1S/C22H22ClN3O3/c1-13-18(21(27)29-3)19(16-11-7-8-12-17(16)23)20(14(2)25-13)26(22(24)28)15-9-5-4-6-10-15/h4-12,19,25H,1-3H3,(H2,24,28). The first-order valence-electron chi connectivity index (χ1n) is 9.02. The highest BCUT2D eigenvalue weighted by atomic mass is 35.5. The molecule has 0 bridgehead atoms. The summed E-state index contributed by atoms with van der Waals surface area (Å²) in [6.07, 6.45) is 0. The molecule has 2 aromatic carbocycles. The Hall–Kier alpha value is -3.25. The summed E-state index contributed by atoms with van der Waals surface area (Å²) < 4.78 is 5.04. The van der Waals surface area contributed by atoms with E-state index in [-0.39, 0.29) is 0 Å². The zero-order chi connectivity index (χ0) is 21.1. The number of halogens is 1. The summed E-state index contributed by atoms with van der Waals surface area (Å²) in [5.74, 6) is -1.16. The molecule has 0 saturated heterocycles. The zero-order valence-electron chi connectivity index (χ0n) is 16.4. The number of urea groups is 1. The number of primary amides is 1. The number of ether oxygens (including phenoxy) is 1. The highest BCUT2D eigenvalue weighted by molar-refractivity contribution is 6.31. The largest absolute Gasteiger partial charge is 0.466 e. The maximum absolute atomic E-state index is 12.7. The van der Waals surface area contributed by atoms with Gasteiger partial charge in [-0.15, -0.1) is 0 Å². The molecule has 2 aromatic rings. The smallest absolute Gasteiger partial charge is 0.336 e. The van der Waals surface area contributed by atoms with Crippen molar-refractivity contribution in [3.8, 4) is 0 Å². The van der Waals surface area contributed by atoms with Gasteiger partial charge < -0.3 is 15.8 Å². The molecule has 3 rings (SSSR count). The second-order valence-electron chi connectivity index (χ2n) is 6.63. The molecule has 0 saturated carbocycles. The lowest BCUT2D eigenvalue weighted by Gasteiger charge is -2.37. The molecule has 0 fully saturated rings. The summed E-state index contributed by atoms with van der Waals surface area (Å²) in [7, 11) is 1.32. The number of anilines is 1. The number of allylic oxidation sites excluding steroid dienone is 3. The van der Waals surface area contributed by atoms with Gasteiger partial charge in [-0.1, -0.05) is 48.0 Å². The van der Waals surface area contributed by atoms with Crippen LogP contribution in [0.1, 0.15) is 25.3 Å². The van der Waals surface area contributed by atoms with Crippen LogP contribution in [0.2, 0.25) is 5.02 Å². The third-order valence-electron chi connectivity index (χ3n) is 4.82. The molecular formula is C22H22ClN3O3. The molecule has 6 nitrogen and oxygen atoms in total. The molecule has 0 radical (unpaired) electrons. The number of methoxy groups -OCH3 is 1. The van der Waals surface area contributed by atoms with Crippen molar-refractivity contribution in [2.24, 2.45) is 5.73 Å². The molecule has 7 heteroatoms. The van der Waals surface area contributed by atoms with Gasteiger partial charge in [-0.25, -0.2) is 9.59 Å². The molecule has 2 amide bonds. The SMILES string of the molecule is COC(=O)C1=C(C)NC(C)=C(N(C(N)=O)c2ccccc2)C1c1ccccc1Cl. The van der Waals surface area contributed by atoms with Crippen molar-refractivity contribution >= 4 is 29.3 Å². The molecule has 0 aliphatic carbocycles. The number of para-hydroxylation sites is 1. The Morgan fingerprint density at radius 3 is 2.24 bits per heavy atom. The molecule has 1 atom stereocenters. The van der Waals surface area contributed by atoms with Gasteiger partial charge in [0.1, 0.15) is 0 Å². The lowest BCUT2D eigenvalue weighted by atomic mass is 9.83. The summed E-state index contributed by atoms with van der Waals surface area (Å²) in [6.45, 7) is 3.61. The third kappa shape index (κ3) is 3.84. The number of amides is 2. The van der Waals surface area contributed by atoms with Crippen LogP contribution in [0.4, 0.5) is 10.5 Å². The number of nitrogens with zero attached hydrogens (tertiary/aromatic N) is 1. The highest BCUT2D eigenvalue weighted by Gasteiger charge is 2.39. The first kappa shape index (κ1) is 20.5. The van der Waals surface area contributed by atoms with Crippen molar-refractivity contribution in [2.45, 2.75) is 19.8 Å². The fourth-order valence-electron chi connectivity index (χ4n) is 3.63. The number of nitrogens with two attached hydrogens (primary N) is 1. The average molecular weight is 412 g/mol. The van der Waals surface area contributed by atoms with Gasteiger partial charge in [0.15, 0.2) is 0 Å². The van der Waals surface area contributed by atoms with Crippen molar-refractivity contribution in [3.05, 3.63) is 87.8 Å². The van der Waals surface area contributed by atoms with Crippen LogP contribution in [-0.4, -0.2) is 19.1 Å². The zero-order valence-corrected chi connectivity index (χ0v) is 17.2. The number of hydrogen-bond acceptors (Lipinski definition) is 4. The average Bonchev–Trinajstić information content (AvgIpc) is 2.70. The number of esters is 1. The van der Waals surface area contributed by atoms with E-state index in [0.717, 1.165) is 0 Å². The minimum Gasteiger partial charge on any atom is -0.466 e. The summed E-state index contributed by atoms with van der Waals surface area (Å²) in [5, 5.41) is 3.65. The van der Waals surface area contributed by atoms with Crippen LogP contribution < -0.4 is 16.0 Å². The molecule has 1 aliphatic rings. The van der Waals surface area contributed by atoms with E-state index in [4.69, 9.17) is 22.1 Å². The number of rotatable bonds is 4. The van der Waals surface area contributed by atoms with Crippen LogP contribution in [0.3, 0.4) is 0 Å². The Morgan fingerprint density at radius 2 is 1.66 bits per heavy atom. The van der Waals surface area contributed by atoms with Gasteiger partial charge in [-0.05, 0) is 37.6 Å². The normalized spacial score (nSPS) is 16.3. The van der Waals surface area contributed by atoms with Crippen molar-refractivity contribution in [2.75, 3.05) is 12.0 Å². The monoisotopic (exact) mass is 411 g/mol. The molecule has 1 aliphatic heterocycles. The van der Waals surface area contributed by atoms with Gasteiger partial charge in [0.2, 0.25) is 0 Å². The van der Waals surface area contributed by atoms with E-state index in [9.17, 15) is 9.59 Å². The summed E-state index contributed by atoms with van der Waals surface area (Å²) >= 11 is 6.51. The van der Waals surface area contributed by atoms with Crippen molar-refractivity contribution < 1.29 is 14.3 Å². The molecule has 1 unspecified atom stereocenters. The van der Waals surface area contributed by atoms with E-state index in [0.29, 0.717) is 38.9 Å². The Bertz CT molecular complexity index is 1010. The lowest BCUT2D eigenvalue weighted by Crippen LogP contribution is -2.42. The Labute approximate surface area is 174 Å². The van der Waals surface area contributed by atoms with Crippen molar-refractivity contribution in [1.29, 1.82) is 0 Å². The van der Waals surface area contributed by atoms with Gasteiger partial charge >= 0.3 is 12.0 Å². The summed E-state index contributed by atoms with van der Waals surface area (Å²) in [4.78, 5) is 26.7. The van der Waals surface area contributed by atoms with Crippen LogP contribution in [0.15, 0.2) is 77.3 Å². The minimum absolute atomic E-state index is 0.364. The Morgan fingerprint density at radius 1 is 1.03 bits per heavy atom. The van der Waals surface area contributed by atoms with E-state index >= 15 is 0 Å². The second-order valence-corrected chi connectivity index (χ2v) is 7.04. The van der Waals surface area contributed by atoms with Gasteiger partial charge in [-0.2, -0.15) is 0 Å². The molecular weight excluding hydrogens is 390 g/mol. The third-order valence-corrected chi connectivity index (χ3v) is 5.17. The van der Waals surface area contributed by atoms with Crippen LogP contribution in [0, 0.1) is 0 Å². The topological polar surface area (TPSA) is 84.7 Å². The predicted molar refractivity (Wildman–Crippen MR) is 113 cm³/mol. The fraction of sp³-hybridized carbons (Fsp3) is 0.182. The molecule has 29 heavy (non-hydrogen) atoms. The van der Waals surface area contributed by atoms with Crippen LogP contribution >= 0.6 is 11.6 Å². The Kier molecular flexibility index (Phi) is 5.94.